The Hall–Kier alpha value is -3.39. The highest BCUT2D eigenvalue weighted by molar-refractivity contribution is 7.90. The SMILES string of the molecule is Cc1c2cnn(-c3cccc(S(C)(=O)=O)c3)c(=O)c2c(C)n1-c1cccc(N2CCC2)c1. The Kier molecular flexibility index (Phi) is 4.70. The van der Waals surface area contributed by atoms with Gasteiger partial charge >= 0.3 is 0 Å². The molecule has 0 bridgehead atoms. The number of aryl methyl sites for hydroxylation is 2. The van der Waals surface area contributed by atoms with Crippen molar-refractivity contribution in [3.05, 3.63) is 76.5 Å². The quantitative estimate of drug-likeness (QED) is 0.478. The number of aromatic nitrogens is 3. The average Bonchev–Trinajstić information content (AvgIpc) is 2.97. The predicted molar refractivity (Wildman–Crippen MR) is 126 cm³/mol. The summed E-state index contributed by atoms with van der Waals surface area (Å²) >= 11 is 0. The smallest absolute Gasteiger partial charge is 0.281 e. The van der Waals surface area contributed by atoms with Crippen LogP contribution in [0, 0.1) is 13.8 Å². The van der Waals surface area contributed by atoms with Crippen LogP contribution in [0.4, 0.5) is 5.69 Å². The summed E-state index contributed by atoms with van der Waals surface area (Å²) in [6, 6.07) is 14.6. The van der Waals surface area contributed by atoms with E-state index in [1.54, 1.807) is 18.3 Å². The second kappa shape index (κ2) is 7.34. The highest BCUT2D eigenvalue weighted by Crippen LogP contribution is 2.29. The van der Waals surface area contributed by atoms with Crippen molar-refractivity contribution < 1.29 is 8.42 Å². The molecule has 2 aromatic heterocycles. The summed E-state index contributed by atoms with van der Waals surface area (Å²) in [5.41, 5.74) is 4.11. The van der Waals surface area contributed by atoms with Gasteiger partial charge in [-0.2, -0.15) is 9.78 Å². The lowest BCUT2D eigenvalue weighted by Gasteiger charge is -2.33. The van der Waals surface area contributed by atoms with E-state index in [1.165, 1.54) is 28.9 Å². The molecule has 7 nitrogen and oxygen atoms in total. The van der Waals surface area contributed by atoms with Crippen LogP contribution in [-0.2, 0) is 9.84 Å². The Balaban J connectivity index is 1.69. The van der Waals surface area contributed by atoms with Gasteiger partial charge in [0.2, 0.25) is 0 Å². The van der Waals surface area contributed by atoms with Gasteiger partial charge in [0.25, 0.3) is 5.56 Å². The first-order chi connectivity index (χ1) is 15.3. The fraction of sp³-hybridized carbons (Fsp3) is 0.250. The van der Waals surface area contributed by atoms with Crippen molar-refractivity contribution in [2.24, 2.45) is 0 Å². The van der Waals surface area contributed by atoms with E-state index < -0.39 is 9.84 Å². The van der Waals surface area contributed by atoms with Gasteiger partial charge < -0.3 is 9.47 Å². The van der Waals surface area contributed by atoms with Crippen molar-refractivity contribution in [3.8, 4) is 11.4 Å². The first-order valence-corrected chi connectivity index (χ1v) is 12.4. The van der Waals surface area contributed by atoms with Crippen LogP contribution in [-0.4, -0.2) is 42.1 Å². The molecule has 0 unspecified atom stereocenters. The summed E-state index contributed by atoms with van der Waals surface area (Å²) in [5, 5.41) is 5.73. The molecule has 1 aliphatic rings. The number of hydrogen-bond donors (Lipinski definition) is 0. The standard InChI is InChI=1S/C24H24N4O3S/c1-16-22-15-25-28(20-9-5-10-21(14-20)32(3,30)31)24(29)23(22)17(2)27(16)19-8-4-7-18(13-19)26-11-6-12-26/h4-5,7-10,13-15H,6,11-12H2,1-3H3. The molecule has 32 heavy (non-hydrogen) atoms. The number of sulfone groups is 1. The third-order valence-electron chi connectivity index (χ3n) is 6.20. The molecule has 3 heterocycles. The Morgan fingerprint density at radius 1 is 0.906 bits per heavy atom. The number of hydrogen-bond acceptors (Lipinski definition) is 5. The zero-order valence-electron chi connectivity index (χ0n) is 18.2. The summed E-state index contributed by atoms with van der Waals surface area (Å²) in [7, 11) is -3.40. The Morgan fingerprint density at radius 2 is 1.59 bits per heavy atom. The fourth-order valence-electron chi connectivity index (χ4n) is 4.38. The second-order valence-corrected chi connectivity index (χ2v) is 10.3. The van der Waals surface area contributed by atoms with Crippen molar-refractivity contribution in [3.63, 3.8) is 0 Å². The van der Waals surface area contributed by atoms with E-state index in [1.807, 2.05) is 26.0 Å². The molecule has 0 aliphatic carbocycles. The van der Waals surface area contributed by atoms with E-state index in [2.05, 4.69) is 26.7 Å². The van der Waals surface area contributed by atoms with Crippen molar-refractivity contribution in [2.75, 3.05) is 24.2 Å². The molecular formula is C24H24N4O3S. The predicted octanol–water partition coefficient (Wildman–Crippen LogP) is 3.41. The molecule has 0 saturated carbocycles. The average molecular weight is 449 g/mol. The van der Waals surface area contributed by atoms with Crippen LogP contribution >= 0.6 is 0 Å². The molecule has 0 atom stereocenters. The van der Waals surface area contributed by atoms with E-state index in [0.717, 1.165) is 41.8 Å². The molecule has 0 spiro atoms. The maximum Gasteiger partial charge on any atom is 0.281 e. The lowest BCUT2D eigenvalue weighted by atomic mass is 10.1. The third-order valence-corrected chi connectivity index (χ3v) is 7.31. The topological polar surface area (TPSA) is 77.2 Å². The van der Waals surface area contributed by atoms with Crippen LogP contribution in [0.15, 0.2) is 64.4 Å². The molecule has 1 fully saturated rings. The summed E-state index contributed by atoms with van der Waals surface area (Å²) < 4.78 is 27.3. The number of rotatable bonds is 4. The number of fused-ring (bicyclic) bond motifs is 1. The highest BCUT2D eigenvalue weighted by Gasteiger charge is 2.20. The molecule has 2 aromatic carbocycles. The maximum absolute atomic E-state index is 13.5. The van der Waals surface area contributed by atoms with Crippen LogP contribution < -0.4 is 10.5 Å². The molecule has 1 saturated heterocycles. The summed E-state index contributed by atoms with van der Waals surface area (Å²) in [4.78, 5) is 16.0. The van der Waals surface area contributed by atoms with E-state index in [0.29, 0.717) is 11.1 Å². The number of anilines is 1. The molecular weight excluding hydrogens is 424 g/mol. The van der Waals surface area contributed by atoms with Crippen molar-refractivity contribution >= 4 is 26.3 Å². The van der Waals surface area contributed by atoms with E-state index >= 15 is 0 Å². The Morgan fingerprint density at radius 3 is 2.28 bits per heavy atom. The van der Waals surface area contributed by atoms with Gasteiger partial charge in [-0.25, -0.2) is 8.42 Å². The summed E-state index contributed by atoms with van der Waals surface area (Å²) in [6.07, 6.45) is 4.04. The Bertz CT molecular complexity index is 1530. The van der Waals surface area contributed by atoms with Gasteiger partial charge in [0.15, 0.2) is 9.84 Å². The van der Waals surface area contributed by atoms with E-state index in [-0.39, 0.29) is 10.5 Å². The largest absolute Gasteiger partial charge is 0.371 e. The molecule has 0 radical (unpaired) electrons. The van der Waals surface area contributed by atoms with Crippen LogP contribution in [0.1, 0.15) is 17.8 Å². The van der Waals surface area contributed by atoms with Crippen LogP contribution in [0.3, 0.4) is 0 Å². The molecule has 8 heteroatoms. The molecule has 1 aliphatic heterocycles. The Labute approximate surface area is 186 Å². The highest BCUT2D eigenvalue weighted by atomic mass is 32.2. The van der Waals surface area contributed by atoms with Crippen molar-refractivity contribution in [1.82, 2.24) is 14.3 Å². The first kappa shape index (κ1) is 20.5. The zero-order chi connectivity index (χ0) is 22.6. The number of benzene rings is 2. The van der Waals surface area contributed by atoms with Gasteiger partial charge in [0.05, 0.1) is 22.2 Å². The van der Waals surface area contributed by atoms with Crippen LogP contribution in [0.2, 0.25) is 0 Å². The van der Waals surface area contributed by atoms with Gasteiger partial charge in [-0.1, -0.05) is 12.1 Å². The number of nitrogens with zero attached hydrogens (tertiary/aromatic N) is 4. The molecule has 4 aromatic rings. The van der Waals surface area contributed by atoms with Crippen LogP contribution in [0.25, 0.3) is 22.1 Å². The lowest BCUT2D eigenvalue weighted by Crippen LogP contribution is -2.36. The maximum atomic E-state index is 13.5. The van der Waals surface area contributed by atoms with Gasteiger partial charge in [-0.3, -0.25) is 4.79 Å². The molecule has 0 amide bonds. The zero-order valence-corrected chi connectivity index (χ0v) is 19.1. The lowest BCUT2D eigenvalue weighted by molar-refractivity contribution is 0.601. The third kappa shape index (κ3) is 3.22. The first-order valence-electron chi connectivity index (χ1n) is 10.5. The molecule has 164 valence electrons. The van der Waals surface area contributed by atoms with E-state index in [9.17, 15) is 13.2 Å². The molecule has 5 rings (SSSR count). The fourth-order valence-corrected chi connectivity index (χ4v) is 5.04. The van der Waals surface area contributed by atoms with Crippen molar-refractivity contribution in [1.29, 1.82) is 0 Å². The van der Waals surface area contributed by atoms with Crippen LogP contribution in [0.5, 0.6) is 0 Å². The second-order valence-electron chi connectivity index (χ2n) is 8.29. The minimum atomic E-state index is -3.40. The summed E-state index contributed by atoms with van der Waals surface area (Å²) in [6.45, 7) is 6.05. The van der Waals surface area contributed by atoms with Gasteiger partial charge in [-0.15, -0.1) is 0 Å². The van der Waals surface area contributed by atoms with Gasteiger partial charge in [0.1, 0.15) is 0 Å². The van der Waals surface area contributed by atoms with Crippen molar-refractivity contribution in [2.45, 2.75) is 25.2 Å². The molecule has 0 N–H and O–H groups in total. The van der Waals surface area contributed by atoms with Gasteiger partial charge in [0, 0.05) is 47.5 Å². The normalized spacial score (nSPS) is 14.0. The summed E-state index contributed by atoms with van der Waals surface area (Å²) in [5.74, 6) is 0. The van der Waals surface area contributed by atoms with E-state index in [4.69, 9.17) is 0 Å². The minimum Gasteiger partial charge on any atom is -0.371 e. The minimum absolute atomic E-state index is 0.150. The van der Waals surface area contributed by atoms with Gasteiger partial charge in [-0.05, 0) is 56.7 Å². The monoisotopic (exact) mass is 448 g/mol.